The monoisotopic (exact) mass is 430 g/mol. The number of hydrogen-bond donors (Lipinski definition) is 3. The largest absolute Gasteiger partial charge is 0.496 e. The summed E-state index contributed by atoms with van der Waals surface area (Å²) >= 11 is 6.65. The molecule has 8 heteroatoms. The van der Waals surface area contributed by atoms with E-state index in [1.807, 2.05) is 13.0 Å². The molecule has 1 aliphatic rings. The van der Waals surface area contributed by atoms with Crippen LogP contribution in [0.1, 0.15) is 61.9 Å². The van der Waals surface area contributed by atoms with Crippen LogP contribution in [0.2, 0.25) is 5.02 Å². The summed E-state index contributed by atoms with van der Waals surface area (Å²) in [5, 5.41) is 12.1. The fourth-order valence-electron chi connectivity index (χ4n) is 4.08. The molecule has 2 aromatic rings. The Hall–Kier alpha value is -2.38. The third kappa shape index (κ3) is 4.09. The van der Waals surface area contributed by atoms with Gasteiger partial charge in [-0.3, -0.25) is 4.90 Å². The van der Waals surface area contributed by atoms with Gasteiger partial charge in [-0.1, -0.05) is 11.6 Å². The summed E-state index contributed by atoms with van der Waals surface area (Å²) in [5.41, 5.74) is 10.00. The second-order valence-corrected chi connectivity index (χ2v) is 8.64. The van der Waals surface area contributed by atoms with E-state index in [-0.39, 0.29) is 11.9 Å². The Morgan fingerprint density at radius 3 is 2.57 bits per heavy atom. The number of nitrogens with one attached hydrogen (secondary N) is 2. The summed E-state index contributed by atoms with van der Waals surface area (Å²) < 4.78 is 5.91. The summed E-state index contributed by atoms with van der Waals surface area (Å²) in [7, 11) is 1.71. The minimum Gasteiger partial charge on any atom is -0.496 e. The first-order valence-corrected chi connectivity index (χ1v) is 10.6. The highest BCUT2D eigenvalue weighted by molar-refractivity contribution is 6.31. The van der Waals surface area contributed by atoms with Crippen molar-refractivity contribution in [3.8, 4) is 5.75 Å². The molecule has 1 aromatic carbocycles. The van der Waals surface area contributed by atoms with E-state index in [1.165, 1.54) is 11.9 Å². The SMILES string of the molecule is COc1c(C(C)Nc2ncnc(N)c2C(C)=N)cc(Cl)c(C)c1C1CN(C(C)C)C1. The van der Waals surface area contributed by atoms with Gasteiger partial charge in [-0.05, 0) is 46.2 Å². The lowest BCUT2D eigenvalue weighted by Crippen LogP contribution is -2.48. The number of hydrogen-bond acceptors (Lipinski definition) is 7. The number of benzene rings is 1. The Morgan fingerprint density at radius 2 is 2.00 bits per heavy atom. The molecule has 7 nitrogen and oxygen atoms in total. The highest BCUT2D eigenvalue weighted by atomic mass is 35.5. The number of methoxy groups -OCH3 is 1. The molecule has 1 unspecified atom stereocenters. The first-order chi connectivity index (χ1) is 14.1. The molecule has 1 saturated heterocycles. The van der Waals surface area contributed by atoms with E-state index in [4.69, 9.17) is 27.5 Å². The number of rotatable bonds is 7. The van der Waals surface area contributed by atoms with Crippen LogP contribution in [-0.4, -0.2) is 46.8 Å². The van der Waals surface area contributed by atoms with Gasteiger partial charge >= 0.3 is 0 Å². The van der Waals surface area contributed by atoms with E-state index in [0.717, 1.165) is 35.0 Å². The molecule has 162 valence electrons. The number of ether oxygens (including phenoxy) is 1. The molecule has 1 aliphatic heterocycles. The van der Waals surface area contributed by atoms with E-state index in [9.17, 15) is 0 Å². The first kappa shape index (κ1) is 22.3. The van der Waals surface area contributed by atoms with Crippen molar-refractivity contribution >= 4 is 28.9 Å². The van der Waals surface area contributed by atoms with Crippen LogP contribution in [-0.2, 0) is 0 Å². The van der Waals surface area contributed by atoms with E-state index in [2.05, 4.69) is 41.0 Å². The predicted octanol–water partition coefficient (Wildman–Crippen LogP) is 4.40. The average molecular weight is 431 g/mol. The van der Waals surface area contributed by atoms with Crippen molar-refractivity contribution in [1.82, 2.24) is 14.9 Å². The molecule has 0 bridgehead atoms. The van der Waals surface area contributed by atoms with Crippen LogP contribution in [0.15, 0.2) is 12.4 Å². The Kier molecular flexibility index (Phi) is 6.53. The Morgan fingerprint density at radius 1 is 1.33 bits per heavy atom. The molecule has 1 fully saturated rings. The topological polar surface area (TPSA) is 100 Å². The fourth-order valence-corrected chi connectivity index (χ4v) is 4.30. The molecule has 0 saturated carbocycles. The van der Waals surface area contributed by atoms with E-state index in [1.54, 1.807) is 14.0 Å². The standard InChI is InChI=1S/C22H31ClN6O/c1-11(2)29-8-15(9-29)18-12(3)17(23)7-16(20(18)30-6)14(5)28-22-19(13(4)24)21(25)26-10-27-22/h7,10-11,14-15,24H,8-9H2,1-6H3,(H3,25,26,27,28). The van der Waals surface area contributed by atoms with Crippen molar-refractivity contribution in [2.45, 2.75) is 52.6 Å². The molecule has 0 amide bonds. The van der Waals surface area contributed by atoms with Gasteiger partial charge in [-0.25, -0.2) is 9.97 Å². The average Bonchev–Trinajstić information content (AvgIpc) is 2.63. The lowest BCUT2D eigenvalue weighted by Gasteiger charge is -2.43. The maximum atomic E-state index is 8.03. The highest BCUT2D eigenvalue weighted by Gasteiger charge is 2.34. The van der Waals surface area contributed by atoms with Crippen LogP contribution in [0.25, 0.3) is 0 Å². The van der Waals surface area contributed by atoms with Gasteiger partial charge in [0.2, 0.25) is 0 Å². The van der Waals surface area contributed by atoms with Crippen LogP contribution >= 0.6 is 11.6 Å². The van der Waals surface area contributed by atoms with Crippen LogP contribution in [0, 0.1) is 12.3 Å². The number of nitrogens with two attached hydrogens (primary N) is 1. The van der Waals surface area contributed by atoms with Gasteiger partial charge in [-0.15, -0.1) is 0 Å². The Bertz CT molecular complexity index is 955. The molecule has 0 radical (unpaired) electrons. The normalized spacial score (nSPS) is 15.7. The summed E-state index contributed by atoms with van der Waals surface area (Å²) in [6.45, 7) is 12.2. The molecule has 1 atom stereocenters. The molecule has 0 spiro atoms. The van der Waals surface area contributed by atoms with E-state index < -0.39 is 0 Å². The fraction of sp³-hybridized carbons (Fsp3) is 0.500. The molecule has 0 aliphatic carbocycles. The Labute approximate surface area is 183 Å². The highest BCUT2D eigenvalue weighted by Crippen LogP contribution is 2.44. The number of nitrogen functional groups attached to an aromatic ring is 1. The van der Waals surface area contributed by atoms with Crippen LogP contribution < -0.4 is 15.8 Å². The van der Waals surface area contributed by atoms with Crippen LogP contribution in [0.3, 0.4) is 0 Å². The lowest BCUT2D eigenvalue weighted by atomic mass is 9.84. The molecule has 2 heterocycles. The molecule has 3 rings (SSSR count). The predicted molar refractivity (Wildman–Crippen MR) is 123 cm³/mol. The quantitative estimate of drug-likeness (QED) is 0.563. The van der Waals surface area contributed by atoms with Gasteiger partial charge in [0.25, 0.3) is 0 Å². The van der Waals surface area contributed by atoms with Crippen LogP contribution in [0.5, 0.6) is 5.75 Å². The number of halogens is 1. The van der Waals surface area contributed by atoms with Gasteiger partial charge in [0.05, 0.1) is 18.7 Å². The van der Waals surface area contributed by atoms with Crippen molar-refractivity contribution < 1.29 is 4.74 Å². The number of likely N-dealkylation sites (tertiary alicyclic amines) is 1. The zero-order chi connectivity index (χ0) is 22.2. The molecular formula is C22H31ClN6O. The minimum atomic E-state index is -0.162. The number of aromatic nitrogens is 2. The van der Waals surface area contributed by atoms with Crippen molar-refractivity contribution in [3.05, 3.63) is 39.7 Å². The number of anilines is 2. The summed E-state index contributed by atoms with van der Waals surface area (Å²) in [6.07, 6.45) is 1.40. The van der Waals surface area contributed by atoms with E-state index >= 15 is 0 Å². The van der Waals surface area contributed by atoms with Crippen LogP contribution in [0.4, 0.5) is 11.6 Å². The molecular weight excluding hydrogens is 400 g/mol. The minimum absolute atomic E-state index is 0.162. The lowest BCUT2D eigenvalue weighted by molar-refractivity contribution is 0.108. The molecule has 30 heavy (non-hydrogen) atoms. The van der Waals surface area contributed by atoms with Gasteiger partial charge in [0.15, 0.2) is 0 Å². The zero-order valence-corrected chi connectivity index (χ0v) is 19.3. The zero-order valence-electron chi connectivity index (χ0n) is 18.5. The van der Waals surface area contributed by atoms with Gasteiger partial charge in [0.1, 0.15) is 23.7 Å². The third-order valence-electron chi connectivity index (χ3n) is 5.88. The van der Waals surface area contributed by atoms with Crippen molar-refractivity contribution in [3.63, 3.8) is 0 Å². The maximum absolute atomic E-state index is 8.03. The summed E-state index contributed by atoms with van der Waals surface area (Å²) in [5.74, 6) is 2.06. The van der Waals surface area contributed by atoms with E-state index in [0.29, 0.717) is 29.1 Å². The first-order valence-electron chi connectivity index (χ1n) is 10.2. The van der Waals surface area contributed by atoms with Crippen molar-refractivity contribution in [2.75, 3.05) is 31.2 Å². The van der Waals surface area contributed by atoms with Gasteiger partial charge < -0.3 is 21.2 Å². The second-order valence-electron chi connectivity index (χ2n) is 8.24. The second kappa shape index (κ2) is 8.78. The number of nitrogens with zero attached hydrogens (tertiary/aromatic N) is 3. The van der Waals surface area contributed by atoms with Crippen molar-refractivity contribution in [1.29, 1.82) is 5.41 Å². The smallest absolute Gasteiger partial charge is 0.141 e. The summed E-state index contributed by atoms with van der Waals surface area (Å²) in [6, 6.07) is 2.32. The molecule has 4 N–H and O–H groups in total. The Balaban J connectivity index is 1.99. The molecule has 1 aromatic heterocycles. The van der Waals surface area contributed by atoms with Gasteiger partial charge in [-0.2, -0.15) is 0 Å². The van der Waals surface area contributed by atoms with Crippen molar-refractivity contribution in [2.24, 2.45) is 0 Å². The maximum Gasteiger partial charge on any atom is 0.141 e. The van der Waals surface area contributed by atoms with Gasteiger partial charge in [0, 0.05) is 46.9 Å². The summed E-state index contributed by atoms with van der Waals surface area (Å²) in [4.78, 5) is 10.8. The third-order valence-corrected chi connectivity index (χ3v) is 6.27.